The van der Waals surface area contributed by atoms with Crippen LogP contribution in [-0.4, -0.2) is 17.2 Å². The Kier molecular flexibility index (Phi) is 3.74. The Morgan fingerprint density at radius 2 is 2.38 bits per heavy atom. The molecule has 0 atom stereocenters. The Labute approximate surface area is 98.4 Å². The average molecular weight is 238 g/mol. The summed E-state index contributed by atoms with van der Waals surface area (Å²) in [7, 11) is 0. The van der Waals surface area contributed by atoms with E-state index in [0.29, 0.717) is 12.7 Å². The van der Waals surface area contributed by atoms with Gasteiger partial charge in [-0.15, -0.1) is 11.3 Å². The van der Waals surface area contributed by atoms with Gasteiger partial charge in [0.05, 0.1) is 12.7 Å². The Morgan fingerprint density at radius 1 is 1.56 bits per heavy atom. The summed E-state index contributed by atoms with van der Waals surface area (Å²) in [5.41, 5.74) is 0. The van der Waals surface area contributed by atoms with Crippen LogP contribution in [0.4, 0.5) is 0 Å². The topological polar surface area (TPSA) is 46.5 Å². The second-order valence-electron chi connectivity index (χ2n) is 3.84. The highest BCUT2D eigenvalue weighted by Gasteiger charge is 2.17. The van der Waals surface area contributed by atoms with Gasteiger partial charge in [0.15, 0.2) is 0 Å². The number of carbonyl (C=O) groups is 1. The summed E-state index contributed by atoms with van der Waals surface area (Å²) in [4.78, 5) is 12.4. The number of hydrogen-bond acceptors (Lipinski definition) is 3. The second kappa shape index (κ2) is 5.27. The van der Waals surface area contributed by atoms with E-state index in [4.69, 9.17) is 9.84 Å². The van der Waals surface area contributed by atoms with Crippen LogP contribution in [0.5, 0.6) is 0 Å². The van der Waals surface area contributed by atoms with Crippen LogP contribution in [0, 0.1) is 0 Å². The quantitative estimate of drug-likeness (QED) is 0.802. The maximum Gasteiger partial charge on any atom is 0.328 e. The monoisotopic (exact) mass is 238 g/mol. The van der Waals surface area contributed by atoms with Crippen LogP contribution in [0.2, 0.25) is 0 Å². The minimum Gasteiger partial charge on any atom is -0.478 e. The van der Waals surface area contributed by atoms with Crippen molar-refractivity contribution >= 4 is 23.4 Å². The number of aliphatic carboxylic acids is 1. The van der Waals surface area contributed by atoms with Crippen LogP contribution in [0.1, 0.15) is 29.0 Å². The first kappa shape index (κ1) is 11.4. The van der Waals surface area contributed by atoms with Crippen molar-refractivity contribution in [3.05, 3.63) is 28.0 Å². The van der Waals surface area contributed by atoms with Crippen LogP contribution in [-0.2, 0) is 16.1 Å². The third kappa shape index (κ3) is 3.18. The van der Waals surface area contributed by atoms with Crippen molar-refractivity contribution in [3.63, 3.8) is 0 Å². The molecule has 1 fully saturated rings. The van der Waals surface area contributed by atoms with Crippen LogP contribution in [0.15, 0.2) is 18.2 Å². The molecule has 0 aliphatic heterocycles. The zero-order valence-corrected chi connectivity index (χ0v) is 9.70. The molecule has 2 rings (SSSR count). The maximum atomic E-state index is 10.3. The largest absolute Gasteiger partial charge is 0.478 e. The van der Waals surface area contributed by atoms with Gasteiger partial charge >= 0.3 is 5.97 Å². The molecule has 1 aliphatic rings. The molecule has 1 saturated carbocycles. The lowest BCUT2D eigenvalue weighted by Gasteiger charge is -2.25. The first-order chi connectivity index (χ1) is 7.74. The number of ether oxygens (including phenoxy) is 1. The summed E-state index contributed by atoms with van der Waals surface area (Å²) in [6.45, 7) is 0.649. The fraction of sp³-hybridized carbons (Fsp3) is 0.417. The van der Waals surface area contributed by atoms with Gasteiger partial charge in [-0.25, -0.2) is 4.79 Å². The van der Waals surface area contributed by atoms with Crippen molar-refractivity contribution in [1.29, 1.82) is 0 Å². The predicted octanol–water partition coefficient (Wildman–Crippen LogP) is 2.92. The summed E-state index contributed by atoms with van der Waals surface area (Å²) >= 11 is 1.58. The number of thiophene rings is 1. The summed E-state index contributed by atoms with van der Waals surface area (Å²) < 4.78 is 5.67. The third-order valence-electron chi connectivity index (χ3n) is 2.59. The third-order valence-corrected chi connectivity index (χ3v) is 3.61. The Morgan fingerprint density at radius 3 is 3.00 bits per heavy atom. The van der Waals surface area contributed by atoms with Crippen molar-refractivity contribution in [2.45, 2.75) is 32.0 Å². The van der Waals surface area contributed by atoms with E-state index < -0.39 is 5.97 Å². The van der Waals surface area contributed by atoms with Gasteiger partial charge in [0.1, 0.15) is 0 Å². The smallest absolute Gasteiger partial charge is 0.328 e. The molecule has 1 heterocycles. The van der Waals surface area contributed by atoms with E-state index in [-0.39, 0.29) is 0 Å². The average Bonchev–Trinajstić information content (AvgIpc) is 2.60. The lowest BCUT2D eigenvalue weighted by atomic mass is 9.96. The molecule has 0 amide bonds. The van der Waals surface area contributed by atoms with Gasteiger partial charge in [0.2, 0.25) is 0 Å². The van der Waals surface area contributed by atoms with E-state index in [1.165, 1.54) is 19.3 Å². The molecule has 1 aromatic rings. The van der Waals surface area contributed by atoms with E-state index >= 15 is 0 Å². The van der Waals surface area contributed by atoms with Gasteiger partial charge in [-0.05, 0) is 37.5 Å². The Bertz CT molecular complexity index is 391. The van der Waals surface area contributed by atoms with Crippen molar-refractivity contribution in [3.8, 4) is 0 Å². The first-order valence-electron chi connectivity index (χ1n) is 5.35. The number of carboxylic acid groups (broad SMARTS) is 1. The second-order valence-corrected chi connectivity index (χ2v) is 5.04. The van der Waals surface area contributed by atoms with Crippen molar-refractivity contribution < 1.29 is 14.6 Å². The molecule has 0 spiro atoms. The van der Waals surface area contributed by atoms with Gasteiger partial charge in [0.25, 0.3) is 0 Å². The Hall–Kier alpha value is -1.13. The summed E-state index contributed by atoms with van der Waals surface area (Å²) in [5, 5.41) is 8.49. The molecule has 1 aromatic heterocycles. The normalized spacial score (nSPS) is 16.5. The first-order valence-corrected chi connectivity index (χ1v) is 6.17. The molecule has 4 heteroatoms. The summed E-state index contributed by atoms with van der Waals surface area (Å²) in [5.74, 6) is -0.916. The molecule has 0 radical (unpaired) electrons. The van der Waals surface area contributed by atoms with Crippen LogP contribution in [0.3, 0.4) is 0 Å². The molecule has 86 valence electrons. The molecule has 0 aromatic carbocycles. The molecule has 0 unspecified atom stereocenters. The van der Waals surface area contributed by atoms with Gasteiger partial charge in [-0.1, -0.05) is 0 Å². The molecule has 16 heavy (non-hydrogen) atoms. The number of rotatable bonds is 5. The molecule has 1 aliphatic carbocycles. The number of carboxylic acids is 1. The fourth-order valence-corrected chi connectivity index (χ4v) is 2.29. The highest BCUT2D eigenvalue weighted by molar-refractivity contribution is 7.12. The zero-order chi connectivity index (χ0) is 11.4. The van der Waals surface area contributed by atoms with Gasteiger partial charge < -0.3 is 9.84 Å². The maximum absolute atomic E-state index is 10.3. The van der Waals surface area contributed by atoms with Crippen molar-refractivity contribution in [2.24, 2.45) is 0 Å². The zero-order valence-electron chi connectivity index (χ0n) is 8.89. The molecule has 0 bridgehead atoms. The molecule has 0 saturated heterocycles. The van der Waals surface area contributed by atoms with Gasteiger partial charge in [-0.3, -0.25) is 0 Å². The van der Waals surface area contributed by atoms with Crippen LogP contribution >= 0.6 is 11.3 Å². The van der Waals surface area contributed by atoms with Crippen molar-refractivity contribution in [1.82, 2.24) is 0 Å². The van der Waals surface area contributed by atoms with E-state index in [1.54, 1.807) is 17.4 Å². The highest BCUT2D eigenvalue weighted by Crippen LogP contribution is 2.25. The van der Waals surface area contributed by atoms with Crippen molar-refractivity contribution in [2.75, 3.05) is 0 Å². The molecule has 1 N–H and O–H groups in total. The SMILES string of the molecule is O=C(O)C=Cc1ccc(COC2CCC2)s1. The minimum atomic E-state index is -0.916. The summed E-state index contributed by atoms with van der Waals surface area (Å²) in [6.07, 6.45) is 6.85. The van der Waals surface area contributed by atoms with E-state index in [9.17, 15) is 4.79 Å². The highest BCUT2D eigenvalue weighted by atomic mass is 32.1. The van der Waals surface area contributed by atoms with Crippen LogP contribution in [0.25, 0.3) is 6.08 Å². The van der Waals surface area contributed by atoms with Gasteiger partial charge in [0, 0.05) is 15.8 Å². The number of hydrogen-bond donors (Lipinski definition) is 1. The lowest BCUT2D eigenvalue weighted by Crippen LogP contribution is -2.20. The predicted molar refractivity (Wildman–Crippen MR) is 63.4 cm³/mol. The van der Waals surface area contributed by atoms with E-state index in [0.717, 1.165) is 15.8 Å². The standard InChI is InChI=1S/C12H14O3S/c13-12(14)7-6-10-4-5-11(16-10)8-15-9-2-1-3-9/h4-7,9H,1-3,8H2,(H,13,14). The fourth-order valence-electron chi connectivity index (χ4n) is 1.45. The van der Waals surface area contributed by atoms with E-state index in [1.807, 2.05) is 12.1 Å². The molecular formula is C12H14O3S. The molecular weight excluding hydrogens is 224 g/mol. The molecule has 3 nitrogen and oxygen atoms in total. The lowest BCUT2D eigenvalue weighted by molar-refractivity contribution is -0.131. The minimum absolute atomic E-state index is 0.445. The summed E-state index contributed by atoms with van der Waals surface area (Å²) in [6, 6.07) is 3.91. The Balaban J connectivity index is 1.83. The van der Waals surface area contributed by atoms with Gasteiger partial charge in [-0.2, -0.15) is 0 Å². The van der Waals surface area contributed by atoms with E-state index in [2.05, 4.69) is 0 Å². The van der Waals surface area contributed by atoms with Crippen LogP contribution < -0.4 is 0 Å².